The van der Waals surface area contributed by atoms with Gasteiger partial charge in [0, 0.05) is 6.04 Å². The fourth-order valence-electron chi connectivity index (χ4n) is 1.62. The third-order valence-corrected chi connectivity index (χ3v) is 3.09. The summed E-state index contributed by atoms with van der Waals surface area (Å²) in [7, 11) is 0. The standard InChI is InChI=1S/C11H14ClN3O/c1-6(7-2-3-7)15-11(16)9-4-8(13)5-14-10(9)12/h4-7H,2-3,13H2,1H3,(H,15,16). The van der Waals surface area contributed by atoms with Crippen LogP contribution >= 0.6 is 11.6 Å². The molecule has 4 nitrogen and oxygen atoms in total. The first-order chi connectivity index (χ1) is 7.58. The highest BCUT2D eigenvalue weighted by molar-refractivity contribution is 6.32. The van der Waals surface area contributed by atoms with Crippen LogP contribution in [0, 0.1) is 5.92 Å². The first-order valence-electron chi connectivity index (χ1n) is 5.30. The van der Waals surface area contributed by atoms with Gasteiger partial charge in [0.15, 0.2) is 0 Å². The Hall–Kier alpha value is -1.29. The largest absolute Gasteiger partial charge is 0.397 e. The number of rotatable bonds is 3. The quantitative estimate of drug-likeness (QED) is 0.791. The first-order valence-corrected chi connectivity index (χ1v) is 5.67. The van der Waals surface area contributed by atoms with Crippen molar-refractivity contribution in [2.45, 2.75) is 25.8 Å². The van der Waals surface area contributed by atoms with Crippen molar-refractivity contribution in [1.82, 2.24) is 10.3 Å². The lowest BCUT2D eigenvalue weighted by atomic mass is 10.2. The molecule has 1 aromatic heterocycles. The van der Waals surface area contributed by atoms with Crippen LogP contribution in [0.4, 0.5) is 5.69 Å². The number of pyridine rings is 1. The van der Waals surface area contributed by atoms with E-state index in [-0.39, 0.29) is 17.1 Å². The molecule has 16 heavy (non-hydrogen) atoms. The molecule has 2 rings (SSSR count). The second-order valence-electron chi connectivity index (χ2n) is 4.21. The Balaban J connectivity index is 2.10. The van der Waals surface area contributed by atoms with E-state index in [9.17, 15) is 4.79 Å². The highest BCUT2D eigenvalue weighted by Crippen LogP contribution is 2.32. The summed E-state index contributed by atoms with van der Waals surface area (Å²) in [6.45, 7) is 2.00. The maximum atomic E-state index is 11.9. The average Bonchev–Trinajstić information content (AvgIpc) is 3.04. The molecule has 5 heteroatoms. The highest BCUT2D eigenvalue weighted by atomic mass is 35.5. The minimum Gasteiger partial charge on any atom is -0.397 e. The van der Waals surface area contributed by atoms with Crippen molar-refractivity contribution in [2.24, 2.45) is 5.92 Å². The monoisotopic (exact) mass is 239 g/mol. The molecule has 1 atom stereocenters. The minimum absolute atomic E-state index is 0.185. The van der Waals surface area contributed by atoms with Gasteiger partial charge >= 0.3 is 0 Å². The van der Waals surface area contributed by atoms with Crippen molar-refractivity contribution < 1.29 is 4.79 Å². The molecule has 3 N–H and O–H groups in total. The van der Waals surface area contributed by atoms with Crippen LogP contribution in [0.5, 0.6) is 0 Å². The third kappa shape index (κ3) is 2.44. The second-order valence-corrected chi connectivity index (χ2v) is 4.56. The topological polar surface area (TPSA) is 68.0 Å². The number of nitrogen functional groups attached to an aromatic ring is 1. The molecule has 1 aromatic rings. The van der Waals surface area contributed by atoms with Crippen molar-refractivity contribution in [2.75, 3.05) is 5.73 Å². The van der Waals surface area contributed by atoms with E-state index in [1.165, 1.54) is 19.0 Å². The Morgan fingerprint density at radius 3 is 3.00 bits per heavy atom. The molecule has 1 aliphatic carbocycles. The number of aromatic nitrogens is 1. The molecule has 0 saturated heterocycles. The van der Waals surface area contributed by atoms with E-state index in [2.05, 4.69) is 10.3 Å². The lowest BCUT2D eigenvalue weighted by Gasteiger charge is -2.13. The predicted molar refractivity (Wildman–Crippen MR) is 63.3 cm³/mol. The van der Waals surface area contributed by atoms with Crippen molar-refractivity contribution in [3.63, 3.8) is 0 Å². The van der Waals surface area contributed by atoms with Gasteiger partial charge < -0.3 is 11.1 Å². The SMILES string of the molecule is CC(NC(=O)c1cc(N)cnc1Cl)C1CC1. The van der Waals surface area contributed by atoms with E-state index in [4.69, 9.17) is 17.3 Å². The lowest BCUT2D eigenvalue weighted by molar-refractivity contribution is 0.0935. The van der Waals surface area contributed by atoms with Gasteiger partial charge in [-0.15, -0.1) is 0 Å². The molecule has 0 aliphatic heterocycles. The van der Waals surface area contributed by atoms with Gasteiger partial charge in [-0.25, -0.2) is 4.98 Å². The number of halogens is 1. The maximum absolute atomic E-state index is 11.9. The minimum atomic E-state index is -0.204. The number of nitrogens with two attached hydrogens (primary N) is 1. The summed E-state index contributed by atoms with van der Waals surface area (Å²) in [6.07, 6.45) is 3.80. The summed E-state index contributed by atoms with van der Waals surface area (Å²) in [5.74, 6) is 0.404. The molecule has 0 spiro atoms. The third-order valence-electron chi connectivity index (χ3n) is 2.79. The summed E-state index contributed by atoms with van der Waals surface area (Å²) >= 11 is 5.84. The summed E-state index contributed by atoms with van der Waals surface area (Å²) in [4.78, 5) is 15.7. The fraction of sp³-hybridized carbons (Fsp3) is 0.455. The molecule has 1 aliphatic rings. The van der Waals surface area contributed by atoms with Crippen LogP contribution < -0.4 is 11.1 Å². The van der Waals surface area contributed by atoms with E-state index >= 15 is 0 Å². The Morgan fingerprint density at radius 2 is 2.38 bits per heavy atom. The number of amides is 1. The van der Waals surface area contributed by atoms with E-state index in [0.29, 0.717) is 17.2 Å². The Bertz CT molecular complexity index is 418. The Kier molecular flexibility index (Phi) is 3.01. The molecule has 1 unspecified atom stereocenters. The van der Waals surface area contributed by atoms with Gasteiger partial charge in [-0.1, -0.05) is 11.6 Å². The Labute approximate surface area is 99.2 Å². The maximum Gasteiger partial charge on any atom is 0.254 e. The van der Waals surface area contributed by atoms with Crippen molar-refractivity contribution in [3.05, 3.63) is 23.0 Å². The summed E-state index contributed by atoms with van der Waals surface area (Å²) in [5.41, 5.74) is 6.35. The van der Waals surface area contributed by atoms with Gasteiger partial charge in [0.25, 0.3) is 5.91 Å². The van der Waals surface area contributed by atoms with Crippen LogP contribution in [0.1, 0.15) is 30.1 Å². The molecule has 1 fully saturated rings. The van der Waals surface area contributed by atoms with Crippen LogP contribution in [0.2, 0.25) is 5.15 Å². The second kappa shape index (κ2) is 4.29. The first kappa shape index (κ1) is 11.2. The number of nitrogens with zero attached hydrogens (tertiary/aromatic N) is 1. The molecule has 1 heterocycles. The molecule has 1 amide bonds. The summed E-state index contributed by atoms with van der Waals surface area (Å²) < 4.78 is 0. The van der Waals surface area contributed by atoms with Gasteiger partial charge in [-0.3, -0.25) is 4.79 Å². The smallest absolute Gasteiger partial charge is 0.254 e. The van der Waals surface area contributed by atoms with E-state index < -0.39 is 0 Å². The molecule has 0 aromatic carbocycles. The van der Waals surface area contributed by atoms with Crippen LogP contribution in [0.3, 0.4) is 0 Å². The fourth-order valence-corrected chi connectivity index (χ4v) is 1.81. The Morgan fingerprint density at radius 1 is 1.69 bits per heavy atom. The van der Waals surface area contributed by atoms with Gasteiger partial charge in [-0.05, 0) is 31.7 Å². The lowest BCUT2D eigenvalue weighted by Crippen LogP contribution is -2.34. The van der Waals surface area contributed by atoms with Gasteiger partial charge in [-0.2, -0.15) is 0 Å². The molecule has 0 bridgehead atoms. The molecular weight excluding hydrogens is 226 g/mol. The number of hydrogen-bond donors (Lipinski definition) is 2. The average molecular weight is 240 g/mol. The molecule has 86 valence electrons. The van der Waals surface area contributed by atoms with Gasteiger partial charge in [0.1, 0.15) is 5.15 Å². The van der Waals surface area contributed by atoms with Gasteiger partial charge in [0.05, 0.1) is 17.4 Å². The summed E-state index contributed by atoms with van der Waals surface area (Å²) in [5, 5.41) is 3.10. The van der Waals surface area contributed by atoms with Gasteiger partial charge in [0.2, 0.25) is 0 Å². The summed E-state index contributed by atoms with van der Waals surface area (Å²) in [6, 6.07) is 1.73. The van der Waals surface area contributed by atoms with E-state index in [0.717, 1.165) is 0 Å². The number of hydrogen-bond acceptors (Lipinski definition) is 3. The zero-order valence-electron chi connectivity index (χ0n) is 9.03. The van der Waals surface area contributed by atoms with E-state index in [1.807, 2.05) is 6.92 Å². The zero-order valence-corrected chi connectivity index (χ0v) is 9.79. The zero-order chi connectivity index (χ0) is 11.7. The van der Waals surface area contributed by atoms with Crippen LogP contribution in [0.15, 0.2) is 12.3 Å². The molecular formula is C11H14ClN3O. The molecule has 1 saturated carbocycles. The number of carbonyl (C=O) groups excluding carboxylic acids is 1. The van der Waals surface area contributed by atoms with Crippen molar-refractivity contribution in [1.29, 1.82) is 0 Å². The highest BCUT2D eigenvalue weighted by Gasteiger charge is 2.29. The predicted octanol–water partition coefficient (Wildman–Crippen LogP) is 1.85. The molecule has 0 radical (unpaired) electrons. The van der Waals surface area contributed by atoms with Crippen LogP contribution in [0.25, 0.3) is 0 Å². The van der Waals surface area contributed by atoms with Crippen LogP contribution in [-0.4, -0.2) is 16.9 Å². The number of nitrogens with one attached hydrogen (secondary N) is 1. The van der Waals surface area contributed by atoms with Crippen LogP contribution in [-0.2, 0) is 0 Å². The van der Waals surface area contributed by atoms with Crippen molar-refractivity contribution in [3.8, 4) is 0 Å². The normalized spacial score (nSPS) is 16.9. The van der Waals surface area contributed by atoms with Crippen molar-refractivity contribution >= 4 is 23.2 Å². The number of carbonyl (C=O) groups is 1. The number of anilines is 1. The van der Waals surface area contributed by atoms with E-state index in [1.54, 1.807) is 6.07 Å².